The molecule has 8 unspecified atom stereocenters. The highest BCUT2D eigenvalue weighted by atomic mass is 16.3. The summed E-state index contributed by atoms with van der Waals surface area (Å²) in [7, 11) is 0. The van der Waals surface area contributed by atoms with Crippen molar-refractivity contribution in [3.8, 4) is 0 Å². The molecular weight excluding hydrogens is 316 g/mol. The Balaban J connectivity index is 5.63. The second-order valence-electron chi connectivity index (χ2n) is 10.7. The second kappa shape index (κ2) is 10.5. The Labute approximate surface area is 166 Å². The zero-order valence-corrected chi connectivity index (χ0v) is 20.3. The predicted octanol–water partition coefficient (Wildman–Crippen LogP) is 7.82. The molecule has 0 aliphatic heterocycles. The van der Waals surface area contributed by atoms with Crippen LogP contribution >= 0.6 is 0 Å². The highest BCUT2D eigenvalue weighted by Gasteiger charge is 2.51. The Bertz CT molecular complexity index is 386. The van der Waals surface area contributed by atoms with Crippen molar-refractivity contribution < 1.29 is 5.11 Å². The third-order valence-corrected chi connectivity index (χ3v) is 8.53. The lowest BCUT2D eigenvalue weighted by Crippen LogP contribution is -2.54. The van der Waals surface area contributed by atoms with E-state index in [1.54, 1.807) is 0 Å². The van der Waals surface area contributed by atoms with E-state index >= 15 is 0 Å². The number of rotatable bonds is 12. The summed E-state index contributed by atoms with van der Waals surface area (Å²) in [5.41, 5.74) is -0.709. The molecule has 0 radical (unpaired) electrons. The standard InChI is InChI=1S/C25H52O/c1-13-18(5)15-19(6)21(8)22(9)23(10)25(12,20(7)14-2)24(11,26)16-17(3)4/h17-23,26H,13-16H2,1-12H3. The number of hydrogen-bond acceptors (Lipinski definition) is 1. The lowest BCUT2D eigenvalue weighted by molar-refractivity contribution is -0.147. The van der Waals surface area contributed by atoms with Gasteiger partial charge < -0.3 is 5.11 Å². The highest BCUT2D eigenvalue weighted by Crippen LogP contribution is 2.53. The van der Waals surface area contributed by atoms with Gasteiger partial charge in [-0.15, -0.1) is 0 Å². The molecule has 0 aromatic carbocycles. The normalized spacial score (nSPS) is 24.2. The molecule has 0 fully saturated rings. The molecule has 0 saturated heterocycles. The molecule has 8 atom stereocenters. The van der Waals surface area contributed by atoms with Crippen molar-refractivity contribution in [3.05, 3.63) is 0 Å². The Morgan fingerprint density at radius 1 is 0.769 bits per heavy atom. The van der Waals surface area contributed by atoms with Crippen LogP contribution in [-0.2, 0) is 0 Å². The maximum atomic E-state index is 11.6. The Kier molecular flexibility index (Phi) is 10.5. The molecule has 0 heterocycles. The van der Waals surface area contributed by atoms with Gasteiger partial charge in [0.1, 0.15) is 0 Å². The fourth-order valence-electron chi connectivity index (χ4n) is 5.44. The number of aliphatic hydroxyl groups is 1. The summed E-state index contributed by atoms with van der Waals surface area (Å²) < 4.78 is 0. The van der Waals surface area contributed by atoms with Gasteiger partial charge in [-0.25, -0.2) is 0 Å². The van der Waals surface area contributed by atoms with E-state index in [0.29, 0.717) is 29.6 Å². The summed E-state index contributed by atoms with van der Waals surface area (Å²) in [6.07, 6.45) is 4.59. The Morgan fingerprint density at radius 2 is 1.27 bits per heavy atom. The van der Waals surface area contributed by atoms with Crippen LogP contribution in [0.1, 0.15) is 109 Å². The highest BCUT2D eigenvalue weighted by molar-refractivity contribution is 5.01. The first-order valence-electron chi connectivity index (χ1n) is 11.5. The zero-order valence-electron chi connectivity index (χ0n) is 20.3. The van der Waals surface area contributed by atoms with Crippen molar-refractivity contribution in [1.29, 1.82) is 0 Å². The van der Waals surface area contributed by atoms with Gasteiger partial charge in [-0.2, -0.15) is 0 Å². The van der Waals surface area contributed by atoms with Crippen LogP contribution in [0.2, 0.25) is 0 Å². The third-order valence-electron chi connectivity index (χ3n) is 8.53. The van der Waals surface area contributed by atoms with Gasteiger partial charge in [-0.05, 0) is 61.2 Å². The van der Waals surface area contributed by atoms with Gasteiger partial charge in [0.15, 0.2) is 0 Å². The topological polar surface area (TPSA) is 20.2 Å². The molecule has 1 nitrogen and oxygen atoms in total. The zero-order chi connectivity index (χ0) is 20.9. The molecule has 26 heavy (non-hydrogen) atoms. The van der Waals surface area contributed by atoms with Crippen LogP contribution in [0.15, 0.2) is 0 Å². The first-order chi connectivity index (χ1) is 11.8. The van der Waals surface area contributed by atoms with E-state index in [0.717, 1.165) is 24.7 Å². The smallest absolute Gasteiger partial charge is 0.0680 e. The minimum absolute atomic E-state index is 0.0736. The second-order valence-corrected chi connectivity index (χ2v) is 10.7. The van der Waals surface area contributed by atoms with Gasteiger partial charge in [0.25, 0.3) is 0 Å². The maximum Gasteiger partial charge on any atom is 0.0680 e. The largest absolute Gasteiger partial charge is 0.390 e. The van der Waals surface area contributed by atoms with Crippen molar-refractivity contribution in [3.63, 3.8) is 0 Å². The van der Waals surface area contributed by atoms with Crippen LogP contribution in [0.25, 0.3) is 0 Å². The van der Waals surface area contributed by atoms with Crippen LogP contribution in [0.4, 0.5) is 0 Å². The van der Waals surface area contributed by atoms with E-state index in [1.807, 2.05) is 0 Å². The molecule has 0 spiro atoms. The van der Waals surface area contributed by atoms with E-state index in [-0.39, 0.29) is 5.41 Å². The number of hydrogen-bond donors (Lipinski definition) is 1. The summed E-state index contributed by atoms with van der Waals surface area (Å²) in [5, 5.41) is 11.6. The SMILES string of the molecule is CCC(C)CC(C)C(C)C(C)C(C)C(C)(C(C)CC)C(C)(O)CC(C)C. The fourth-order valence-corrected chi connectivity index (χ4v) is 5.44. The molecule has 0 aliphatic rings. The van der Waals surface area contributed by atoms with Crippen molar-refractivity contribution in [1.82, 2.24) is 0 Å². The molecule has 0 saturated carbocycles. The van der Waals surface area contributed by atoms with Gasteiger partial charge in [0.05, 0.1) is 5.60 Å². The molecule has 0 aromatic rings. The van der Waals surface area contributed by atoms with Gasteiger partial charge in [0.2, 0.25) is 0 Å². The lowest BCUT2D eigenvalue weighted by atomic mass is 9.53. The van der Waals surface area contributed by atoms with Crippen LogP contribution < -0.4 is 0 Å². The lowest BCUT2D eigenvalue weighted by Gasteiger charge is -2.54. The molecule has 1 heteroatoms. The minimum Gasteiger partial charge on any atom is -0.390 e. The Morgan fingerprint density at radius 3 is 1.65 bits per heavy atom. The van der Waals surface area contributed by atoms with Gasteiger partial charge in [0, 0.05) is 5.41 Å². The molecule has 0 aliphatic carbocycles. The summed E-state index contributed by atoms with van der Waals surface area (Å²) in [5.74, 6) is 4.33. The molecule has 0 aromatic heterocycles. The van der Waals surface area contributed by atoms with E-state index in [2.05, 4.69) is 83.1 Å². The molecule has 0 bridgehead atoms. The van der Waals surface area contributed by atoms with Gasteiger partial charge in [-0.1, -0.05) is 89.0 Å². The summed E-state index contributed by atoms with van der Waals surface area (Å²) in [6, 6.07) is 0. The summed E-state index contributed by atoms with van der Waals surface area (Å²) >= 11 is 0. The first kappa shape index (κ1) is 26.0. The van der Waals surface area contributed by atoms with E-state index in [1.165, 1.54) is 12.8 Å². The molecule has 158 valence electrons. The van der Waals surface area contributed by atoms with Crippen LogP contribution in [-0.4, -0.2) is 10.7 Å². The maximum absolute atomic E-state index is 11.6. The van der Waals surface area contributed by atoms with E-state index in [9.17, 15) is 5.11 Å². The van der Waals surface area contributed by atoms with E-state index < -0.39 is 5.60 Å². The summed E-state index contributed by atoms with van der Waals surface area (Å²) in [4.78, 5) is 0. The van der Waals surface area contributed by atoms with Crippen LogP contribution in [0, 0.1) is 46.8 Å². The van der Waals surface area contributed by atoms with E-state index in [4.69, 9.17) is 0 Å². The van der Waals surface area contributed by atoms with Gasteiger partial charge >= 0.3 is 0 Å². The first-order valence-corrected chi connectivity index (χ1v) is 11.5. The Hall–Kier alpha value is -0.0400. The fraction of sp³-hybridized carbons (Fsp3) is 1.00. The minimum atomic E-state index is -0.635. The van der Waals surface area contributed by atoms with Crippen LogP contribution in [0.5, 0.6) is 0 Å². The molecule has 0 amide bonds. The van der Waals surface area contributed by atoms with Crippen molar-refractivity contribution in [2.75, 3.05) is 0 Å². The average molecular weight is 369 g/mol. The quantitative estimate of drug-likeness (QED) is 0.372. The predicted molar refractivity (Wildman–Crippen MR) is 118 cm³/mol. The molecule has 0 rings (SSSR count). The van der Waals surface area contributed by atoms with Crippen molar-refractivity contribution >= 4 is 0 Å². The average Bonchev–Trinajstić information content (AvgIpc) is 2.56. The van der Waals surface area contributed by atoms with Crippen molar-refractivity contribution in [2.45, 2.75) is 114 Å². The molecular formula is C25H52O. The molecule has 1 N–H and O–H groups in total. The summed E-state index contributed by atoms with van der Waals surface area (Å²) in [6.45, 7) is 28.0. The monoisotopic (exact) mass is 368 g/mol. The van der Waals surface area contributed by atoms with Gasteiger partial charge in [-0.3, -0.25) is 0 Å². The van der Waals surface area contributed by atoms with Crippen molar-refractivity contribution in [2.24, 2.45) is 46.8 Å². The van der Waals surface area contributed by atoms with Crippen LogP contribution in [0.3, 0.4) is 0 Å². The third kappa shape index (κ3) is 5.98.